The van der Waals surface area contributed by atoms with E-state index in [0.29, 0.717) is 6.29 Å². The normalized spacial score (nSPS) is 9.42. The van der Waals surface area contributed by atoms with Crippen LogP contribution in [0, 0.1) is 5.82 Å². The first-order valence-corrected chi connectivity index (χ1v) is 3.19. The van der Waals surface area contributed by atoms with Gasteiger partial charge in [0.2, 0.25) is 0 Å². The van der Waals surface area contributed by atoms with Crippen molar-refractivity contribution in [3.8, 4) is 0 Å². The third-order valence-electron chi connectivity index (χ3n) is 1.39. The largest absolute Gasteiger partial charge is 0.366 e. The number of hydrogen-bond acceptors (Lipinski definition) is 2. The molecular formula is C8H6FNO2. The number of amides is 1. The van der Waals surface area contributed by atoms with Crippen LogP contribution < -0.4 is 5.73 Å². The summed E-state index contributed by atoms with van der Waals surface area (Å²) >= 11 is 0. The number of nitrogens with two attached hydrogens (primary N) is 1. The van der Waals surface area contributed by atoms with Crippen LogP contribution in [0.4, 0.5) is 4.39 Å². The van der Waals surface area contributed by atoms with Gasteiger partial charge in [-0.25, -0.2) is 4.39 Å². The molecule has 0 fully saturated rings. The summed E-state index contributed by atoms with van der Waals surface area (Å²) in [6, 6.07) is 3.48. The summed E-state index contributed by atoms with van der Waals surface area (Å²) in [5.74, 6) is -1.61. The molecule has 1 aromatic rings. The second-order valence-corrected chi connectivity index (χ2v) is 2.22. The summed E-state index contributed by atoms with van der Waals surface area (Å²) in [6.07, 6.45) is 0.494. The lowest BCUT2D eigenvalue weighted by atomic mass is 10.1. The van der Waals surface area contributed by atoms with E-state index in [1.165, 1.54) is 12.1 Å². The highest BCUT2D eigenvalue weighted by Gasteiger charge is 2.07. The molecule has 2 N–H and O–H groups in total. The second-order valence-electron chi connectivity index (χ2n) is 2.22. The first-order chi connectivity index (χ1) is 5.65. The first-order valence-electron chi connectivity index (χ1n) is 3.19. The number of carbonyl (C=O) groups excluding carboxylic acids is 2. The van der Waals surface area contributed by atoms with E-state index in [2.05, 4.69) is 0 Å². The van der Waals surface area contributed by atoms with Crippen LogP contribution in [0.2, 0.25) is 0 Å². The molecule has 0 bridgehead atoms. The number of aldehydes is 1. The van der Waals surface area contributed by atoms with E-state index >= 15 is 0 Å². The molecule has 0 aromatic heterocycles. The van der Waals surface area contributed by atoms with Gasteiger partial charge in [0, 0.05) is 5.56 Å². The Morgan fingerprint density at radius 3 is 2.58 bits per heavy atom. The van der Waals surface area contributed by atoms with Gasteiger partial charge < -0.3 is 5.73 Å². The molecule has 0 aliphatic heterocycles. The van der Waals surface area contributed by atoms with Gasteiger partial charge >= 0.3 is 0 Å². The van der Waals surface area contributed by atoms with Crippen molar-refractivity contribution in [3.05, 3.63) is 35.1 Å². The molecule has 0 radical (unpaired) electrons. The Hall–Kier alpha value is -1.71. The lowest BCUT2D eigenvalue weighted by Gasteiger charge is -1.97. The van der Waals surface area contributed by atoms with Gasteiger partial charge in [0.15, 0.2) is 0 Å². The van der Waals surface area contributed by atoms with Crippen LogP contribution in [0.25, 0.3) is 0 Å². The lowest BCUT2D eigenvalue weighted by Crippen LogP contribution is -2.13. The Morgan fingerprint density at radius 1 is 1.50 bits per heavy atom. The van der Waals surface area contributed by atoms with E-state index in [0.717, 1.165) is 6.07 Å². The predicted molar refractivity (Wildman–Crippen MR) is 40.3 cm³/mol. The zero-order valence-electron chi connectivity index (χ0n) is 6.08. The average molecular weight is 167 g/mol. The third-order valence-corrected chi connectivity index (χ3v) is 1.39. The number of rotatable bonds is 2. The molecule has 1 aromatic carbocycles. The number of benzene rings is 1. The van der Waals surface area contributed by atoms with Gasteiger partial charge in [-0.05, 0) is 12.1 Å². The number of hydrogen-bond donors (Lipinski definition) is 1. The van der Waals surface area contributed by atoms with Gasteiger partial charge in [-0.1, -0.05) is 6.07 Å². The van der Waals surface area contributed by atoms with E-state index in [9.17, 15) is 14.0 Å². The Balaban J connectivity index is 3.20. The van der Waals surface area contributed by atoms with E-state index in [4.69, 9.17) is 5.73 Å². The zero-order chi connectivity index (χ0) is 9.14. The Bertz CT molecular complexity index is 336. The maximum atomic E-state index is 12.8. The van der Waals surface area contributed by atoms with Crippen LogP contribution in [0.15, 0.2) is 18.2 Å². The van der Waals surface area contributed by atoms with E-state index in [1.54, 1.807) is 0 Å². The molecule has 0 saturated heterocycles. The Kier molecular flexibility index (Phi) is 2.19. The molecule has 0 heterocycles. The van der Waals surface area contributed by atoms with Crippen molar-refractivity contribution >= 4 is 12.2 Å². The Morgan fingerprint density at radius 2 is 2.17 bits per heavy atom. The minimum absolute atomic E-state index is 0.178. The maximum absolute atomic E-state index is 12.8. The van der Waals surface area contributed by atoms with Crippen molar-refractivity contribution in [1.29, 1.82) is 0 Å². The van der Waals surface area contributed by atoms with Crippen molar-refractivity contribution < 1.29 is 14.0 Å². The molecule has 1 rings (SSSR count). The topological polar surface area (TPSA) is 60.2 Å². The van der Waals surface area contributed by atoms with Crippen LogP contribution in [0.3, 0.4) is 0 Å². The summed E-state index contributed by atoms with van der Waals surface area (Å²) < 4.78 is 12.8. The maximum Gasteiger partial charge on any atom is 0.251 e. The Labute approximate surface area is 68.0 Å². The first kappa shape index (κ1) is 8.39. The van der Waals surface area contributed by atoms with Crippen LogP contribution in [-0.2, 0) is 0 Å². The van der Waals surface area contributed by atoms with Crippen molar-refractivity contribution in [1.82, 2.24) is 0 Å². The zero-order valence-corrected chi connectivity index (χ0v) is 6.08. The van der Waals surface area contributed by atoms with E-state index in [1.807, 2.05) is 0 Å². The fourth-order valence-corrected chi connectivity index (χ4v) is 0.804. The summed E-state index contributed by atoms with van der Waals surface area (Å²) in [5.41, 5.74) is 4.81. The minimum atomic E-state index is -0.843. The molecule has 0 unspecified atom stereocenters. The monoisotopic (exact) mass is 167 g/mol. The highest BCUT2D eigenvalue weighted by Crippen LogP contribution is 2.07. The van der Waals surface area contributed by atoms with Gasteiger partial charge in [0.1, 0.15) is 12.1 Å². The van der Waals surface area contributed by atoms with Crippen LogP contribution in [0.5, 0.6) is 0 Å². The molecule has 0 atom stereocenters. The minimum Gasteiger partial charge on any atom is -0.366 e. The molecule has 0 saturated carbocycles. The third kappa shape index (κ3) is 1.47. The van der Waals surface area contributed by atoms with E-state index < -0.39 is 11.7 Å². The predicted octanol–water partition coefficient (Wildman–Crippen LogP) is 0.737. The highest BCUT2D eigenvalue weighted by molar-refractivity contribution is 5.93. The highest BCUT2D eigenvalue weighted by atomic mass is 19.1. The molecule has 3 nitrogen and oxygen atoms in total. The fourth-order valence-electron chi connectivity index (χ4n) is 0.804. The fraction of sp³-hybridized carbons (Fsp3) is 0. The molecule has 0 aliphatic rings. The van der Waals surface area contributed by atoms with Crippen molar-refractivity contribution in [2.75, 3.05) is 0 Å². The van der Waals surface area contributed by atoms with Crippen molar-refractivity contribution in [2.24, 2.45) is 5.73 Å². The average Bonchev–Trinajstić information content (AvgIpc) is 2.03. The van der Waals surface area contributed by atoms with Crippen LogP contribution >= 0.6 is 0 Å². The molecule has 12 heavy (non-hydrogen) atoms. The smallest absolute Gasteiger partial charge is 0.251 e. The quantitative estimate of drug-likeness (QED) is 0.660. The van der Waals surface area contributed by atoms with Gasteiger partial charge in [-0.15, -0.1) is 0 Å². The van der Waals surface area contributed by atoms with Crippen LogP contribution in [0.1, 0.15) is 20.7 Å². The molecule has 4 heteroatoms. The van der Waals surface area contributed by atoms with Crippen LogP contribution in [-0.4, -0.2) is 12.2 Å². The molecular weight excluding hydrogens is 161 g/mol. The standard InChI is InChI=1S/C8H6FNO2/c9-7-3-5(4-11)1-2-6(7)8(10)12/h1-4H,(H2,10,12). The van der Waals surface area contributed by atoms with Crippen molar-refractivity contribution in [2.45, 2.75) is 0 Å². The molecule has 1 amide bonds. The number of halogens is 1. The number of carbonyl (C=O) groups is 2. The van der Waals surface area contributed by atoms with Gasteiger partial charge in [0.25, 0.3) is 5.91 Å². The summed E-state index contributed by atoms with van der Waals surface area (Å²) in [4.78, 5) is 20.7. The summed E-state index contributed by atoms with van der Waals surface area (Å²) in [6.45, 7) is 0. The SMILES string of the molecule is NC(=O)c1ccc(C=O)cc1F. The molecule has 62 valence electrons. The lowest BCUT2D eigenvalue weighted by molar-refractivity contribution is 0.0995. The second kappa shape index (κ2) is 3.13. The van der Waals surface area contributed by atoms with Crippen molar-refractivity contribution in [3.63, 3.8) is 0 Å². The number of primary amides is 1. The van der Waals surface area contributed by atoms with Gasteiger partial charge in [0.05, 0.1) is 5.56 Å². The molecule has 0 aliphatic carbocycles. The molecule has 0 spiro atoms. The summed E-state index contributed by atoms with van der Waals surface area (Å²) in [7, 11) is 0. The van der Waals surface area contributed by atoms with Gasteiger partial charge in [-0.3, -0.25) is 9.59 Å². The summed E-state index contributed by atoms with van der Waals surface area (Å²) in [5, 5.41) is 0. The van der Waals surface area contributed by atoms with E-state index in [-0.39, 0.29) is 11.1 Å². The van der Waals surface area contributed by atoms with Gasteiger partial charge in [-0.2, -0.15) is 0 Å².